The average Bonchev–Trinajstić information content (AvgIpc) is 3.08. The van der Waals surface area contributed by atoms with Crippen molar-refractivity contribution in [2.45, 2.75) is 74.6 Å². The number of carbonyl (C=O) groups excluding carboxylic acids is 5. The number of aliphatic hydroxyl groups is 3. The molecule has 0 amide bonds. The lowest BCUT2D eigenvalue weighted by molar-refractivity contribution is -0.228. The predicted octanol–water partition coefficient (Wildman–Crippen LogP) is 0.411. The van der Waals surface area contributed by atoms with E-state index >= 15 is 0 Å². The molecule has 2 aromatic rings. The maximum atomic E-state index is 14.8. The van der Waals surface area contributed by atoms with Crippen LogP contribution in [0.3, 0.4) is 0 Å². The molecule has 272 valence electrons. The molecule has 1 heterocycles. The zero-order valence-corrected chi connectivity index (χ0v) is 28.8. The lowest BCUT2D eigenvalue weighted by Crippen LogP contribution is -2.73. The lowest BCUT2D eigenvalue weighted by Gasteiger charge is -2.53. The van der Waals surface area contributed by atoms with Gasteiger partial charge in [0.2, 0.25) is 17.3 Å². The van der Waals surface area contributed by atoms with Gasteiger partial charge in [-0.15, -0.1) is 0 Å². The molecule has 8 atom stereocenters. The molecule has 2 aromatic carbocycles. The van der Waals surface area contributed by atoms with Gasteiger partial charge in [-0.25, -0.2) is 4.79 Å². The quantitative estimate of drug-likeness (QED) is 0.297. The number of nitrogens with zero attached hydrogens (tertiary/aromatic N) is 1. The Morgan fingerprint density at radius 2 is 1.63 bits per heavy atom. The number of hydrogen-bond acceptors (Lipinski definition) is 16. The summed E-state index contributed by atoms with van der Waals surface area (Å²) in [6, 6.07) is 2.33. The van der Waals surface area contributed by atoms with Gasteiger partial charge in [-0.2, -0.15) is 0 Å². The molecule has 0 radical (unpaired) electrons. The molecule has 3 aliphatic carbocycles. The molecular weight excluding hydrogens is 674 g/mol. The molecular formula is C35H37NO15. The molecule has 4 N–H and O–H groups in total. The van der Waals surface area contributed by atoms with Crippen molar-refractivity contribution >= 4 is 34.8 Å². The number of esters is 1. The third-order valence-electron chi connectivity index (χ3n) is 10.4. The normalized spacial score (nSPS) is 32.2. The first-order chi connectivity index (χ1) is 24.1. The number of aliphatic imine (C=N–C) groups is 1. The fourth-order valence-corrected chi connectivity index (χ4v) is 8.08. The topological polar surface area (TPSA) is 234 Å². The van der Waals surface area contributed by atoms with Crippen LogP contribution in [0.5, 0.6) is 11.5 Å². The second kappa shape index (κ2) is 12.7. The Balaban J connectivity index is 1.56. The summed E-state index contributed by atoms with van der Waals surface area (Å²) in [5, 5.41) is 46.5. The highest BCUT2D eigenvalue weighted by molar-refractivity contribution is 6.53. The average molecular weight is 712 g/mol. The van der Waals surface area contributed by atoms with Gasteiger partial charge in [-0.3, -0.25) is 24.2 Å². The monoisotopic (exact) mass is 711 g/mol. The van der Waals surface area contributed by atoms with Crippen LogP contribution in [0.2, 0.25) is 0 Å². The van der Waals surface area contributed by atoms with Gasteiger partial charge in [0.1, 0.15) is 35.4 Å². The molecule has 16 heteroatoms. The number of ketones is 4. The molecule has 1 fully saturated rings. The Labute approximate surface area is 290 Å². The maximum absolute atomic E-state index is 14.8. The Bertz CT molecular complexity index is 1940. The van der Waals surface area contributed by atoms with Crippen LogP contribution in [0.25, 0.3) is 0 Å². The van der Waals surface area contributed by atoms with E-state index in [9.17, 15) is 44.4 Å². The summed E-state index contributed by atoms with van der Waals surface area (Å²) in [7, 11) is 5.91. The van der Waals surface area contributed by atoms with Gasteiger partial charge < -0.3 is 48.8 Å². The molecule has 6 rings (SSSR count). The van der Waals surface area contributed by atoms with Gasteiger partial charge in [-0.1, -0.05) is 6.07 Å². The van der Waals surface area contributed by atoms with E-state index in [0.717, 1.165) is 20.3 Å². The van der Waals surface area contributed by atoms with Crippen LogP contribution in [0, 0.1) is 6.92 Å². The molecule has 1 aliphatic heterocycles. The summed E-state index contributed by atoms with van der Waals surface area (Å²) in [6.07, 6.45) is -8.02. The minimum Gasteiger partial charge on any atom is -0.506 e. The molecule has 0 saturated carbocycles. The number of carbonyl (C=O) groups is 5. The standard InChI is InChI=1S/C35H37NO15/c1-12-8-14-9-19(38)35(50-7)31(43)22-16(30(42)34(35,45)23(14)28(47-4)20(12)33(44)49-6)10-15-21(25(22)40)18(37)11-17(24(15)39)36-32-29(48-5)26(41)27(46-3)13(2)51-32/h8,10,13,19,26-27,29,32,38,40-41,45H,9,11H2,1-7H3/t13-,19+,26+,27-,29+,32-,34-,35+/m0/s1. The van der Waals surface area contributed by atoms with E-state index in [0.29, 0.717) is 5.56 Å². The van der Waals surface area contributed by atoms with Crippen molar-refractivity contribution in [3.05, 3.63) is 56.6 Å². The van der Waals surface area contributed by atoms with Crippen molar-refractivity contribution in [2.75, 3.05) is 35.5 Å². The van der Waals surface area contributed by atoms with Crippen molar-refractivity contribution in [1.82, 2.24) is 0 Å². The largest absolute Gasteiger partial charge is 0.506 e. The van der Waals surface area contributed by atoms with Gasteiger partial charge in [0.15, 0.2) is 23.2 Å². The number of rotatable bonds is 6. The van der Waals surface area contributed by atoms with Crippen LogP contribution in [-0.2, 0) is 35.7 Å². The molecule has 0 aromatic heterocycles. The van der Waals surface area contributed by atoms with Crippen LogP contribution in [0.1, 0.15) is 81.8 Å². The molecule has 1 saturated heterocycles. The van der Waals surface area contributed by atoms with Crippen LogP contribution in [0.15, 0.2) is 17.1 Å². The zero-order valence-electron chi connectivity index (χ0n) is 28.8. The predicted molar refractivity (Wildman–Crippen MR) is 172 cm³/mol. The Kier molecular flexibility index (Phi) is 9.03. The van der Waals surface area contributed by atoms with Gasteiger partial charge >= 0.3 is 5.97 Å². The highest BCUT2D eigenvalue weighted by Crippen LogP contribution is 2.57. The van der Waals surface area contributed by atoms with Crippen molar-refractivity contribution in [3.8, 4) is 11.5 Å². The summed E-state index contributed by atoms with van der Waals surface area (Å²) >= 11 is 0. The van der Waals surface area contributed by atoms with E-state index in [2.05, 4.69) is 4.99 Å². The van der Waals surface area contributed by atoms with Crippen molar-refractivity contribution in [2.24, 2.45) is 4.99 Å². The number of aryl methyl sites for hydroxylation is 1. The number of hydrogen-bond donors (Lipinski definition) is 4. The first kappa shape index (κ1) is 36.4. The second-order valence-electron chi connectivity index (χ2n) is 12.9. The third kappa shape index (κ3) is 4.71. The smallest absolute Gasteiger partial charge is 0.341 e. The molecule has 0 bridgehead atoms. The Hall–Kier alpha value is -4.42. The lowest BCUT2D eigenvalue weighted by atomic mass is 9.56. The molecule has 4 aliphatic rings. The number of ether oxygens (including phenoxy) is 6. The number of benzene rings is 2. The van der Waals surface area contributed by atoms with Gasteiger partial charge in [0, 0.05) is 44.4 Å². The third-order valence-corrected chi connectivity index (χ3v) is 10.4. The molecule has 16 nitrogen and oxygen atoms in total. The highest BCUT2D eigenvalue weighted by Gasteiger charge is 2.73. The summed E-state index contributed by atoms with van der Waals surface area (Å²) < 4.78 is 32.6. The molecule has 51 heavy (non-hydrogen) atoms. The highest BCUT2D eigenvalue weighted by atomic mass is 16.6. The minimum absolute atomic E-state index is 0.138. The zero-order chi connectivity index (χ0) is 37.5. The van der Waals surface area contributed by atoms with Crippen LogP contribution < -0.4 is 4.74 Å². The Morgan fingerprint density at radius 3 is 2.22 bits per heavy atom. The molecule has 0 unspecified atom stereocenters. The van der Waals surface area contributed by atoms with E-state index in [4.69, 9.17) is 28.4 Å². The van der Waals surface area contributed by atoms with Crippen molar-refractivity contribution in [1.29, 1.82) is 0 Å². The van der Waals surface area contributed by atoms with Gasteiger partial charge in [0.05, 0.1) is 49.7 Å². The number of aromatic hydroxyl groups is 1. The maximum Gasteiger partial charge on any atom is 0.341 e. The van der Waals surface area contributed by atoms with Crippen molar-refractivity contribution in [3.63, 3.8) is 0 Å². The SMILES string of the molecule is COC(=O)c1c(C)cc2c(c1OC)[C@]1(O)C(=O)c3cc4c(c(O)c3C(=O)[C@]1(OC)[C@H](O)C2)C(=O)CC(=N[C@H]1O[C@@H](C)[C@H](OC)[C@@H](O)[C@H]1OC)C4=O. The van der Waals surface area contributed by atoms with E-state index in [1.54, 1.807) is 13.8 Å². The van der Waals surface area contributed by atoms with Crippen LogP contribution >= 0.6 is 0 Å². The second-order valence-corrected chi connectivity index (χ2v) is 12.9. The first-order valence-corrected chi connectivity index (χ1v) is 15.9. The number of Topliss-reactive ketones (excluding diaryl/α,β-unsaturated/α-hetero) is 4. The fraction of sp³-hybridized carbons (Fsp3) is 0.486. The Morgan fingerprint density at radius 1 is 0.961 bits per heavy atom. The summed E-state index contributed by atoms with van der Waals surface area (Å²) in [4.78, 5) is 74.1. The summed E-state index contributed by atoms with van der Waals surface area (Å²) in [5.74, 6) is -6.59. The number of methoxy groups -OCH3 is 5. The molecule has 0 spiro atoms. The van der Waals surface area contributed by atoms with Gasteiger partial charge in [0.25, 0.3) is 0 Å². The van der Waals surface area contributed by atoms with E-state index in [1.165, 1.54) is 27.4 Å². The minimum atomic E-state index is -3.11. The van der Waals surface area contributed by atoms with E-state index < -0.39 is 111 Å². The number of phenols is 1. The fourth-order valence-electron chi connectivity index (χ4n) is 8.08. The summed E-state index contributed by atoms with van der Waals surface area (Å²) in [6.45, 7) is 3.16. The summed E-state index contributed by atoms with van der Waals surface area (Å²) in [5.41, 5.74) is -8.88. The van der Waals surface area contributed by atoms with Gasteiger partial charge in [-0.05, 0) is 31.0 Å². The van der Waals surface area contributed by atoms with E-state index in [-0.39, 0.29) is 34.6 Å². The van der Waals surface area contributed by atoms with E-state index in [1.807, 2.05) is 0 Å². The number of aliphatic hydroxyl groups excluding tert-OH is 2. The van der Waals surface area contributed by atoms with Crippen molar-refractivity contribution < 1.29 is 72.8 Å². The van der Waals surface area contributed by atoms with Crippen LogP contribution in [-0.4, -0.2) is 133 Å². The number of fused-ring (bicyclic) bond motifs is 5. The first-order valence-electron chi connectivity index (χ1n) is 15.9. The number of phenolic OH excluding ortho intramolecular Hbond substituents is 1. The van der Waals surface area contributed by atoms with Crippen LogP contribution in [0.4, 0.5) is 0 Å².